The smallest absolute Gasteiger partial charge is 0.310 e. The molecule has 1 heterocycles. The molecule has 2 rings (SSSR count). The van der Waals surface area contributed by atoms with Gasteiger partial charge < -0.3 is 25.1 Å². The molecule has 0 fully saturated rings. The van der Waals surface area contributed by atoms with Crippen LogP contribution in [0.25, 0.3) is 11.3 Å². The topological polar surface area (TPSA) is 123 Å². The second-order valence-electron chi connectivity index (χ2n) is 4.28. The largest absolute Gasteiger partial charge is 0.508 e. The van der Waals surface area contributed by atoms with Crippen molar-refractivity contribution in [2.24, 2.45) is 5.73 Å². The number of amides is 1. The molecule has 2 aromatic rings. The minimum atomic E-state index is -0.756. The summed E-state index contributed by atoms with van der Waals surface area (Å²) in [5, 5.41) is 19.5. The van der Waals surface area contributed by atoms with E-state index >= 15 is 0 Å². The Balaban J connectivity index is 2.54. The van der Waals surface area contributed by atoms with E-state index in [0.29, 0.717) is 5.56 Å². The summed E-state index contributed by atoms with van der Waals surface area (Å²) in [4.78, 5) is 22.5. The summed E-state index contributed by atoms with van der Waals surface area (Å²) in [6.45, 7) is 0. The number of rotatable bonds is 4. The van der Waals surface area contributed by atoms with Crippen molar-refractivity contribution in [3.8, 4) is 22.8 Å². The predicted molar refractivity (Wildman–Crippen MR) is 71.7 cm³/mol. The molecule has 1 amide bonds. The van der Waals surface area contributed by atoms with Gasteiger partial charge in [0.2, 0.25) is 0 Å². The Labute approximate surface area is 119 Å². The van der Waals surface area contributed by atoms with Crippen LogP contribution in [0.4, 0.5) is 0 Å². The van der Waals surface area contributed by atoms with Crippen LogP contribution >= 0.6 is 0 Å². The number of hydrogen-bond acceptors (Lipinski definition) is 6. The number of nitrogens with two attached hydrogens (primary N) is 1. The van der Waals surface area contributed by atoms with Crippen LogP contribution in [0.1, 0.15) is 16.1 Å². The summed E-state index contributed by atoms with van der Waals surface area (Å²) < 4.78 is 9.80. The predicted octanol–water partition coefficient (Wildman–Crippen LogP) is 1.17. The third-order valence-electron chi connectivity index (χ3n) is 2.84. The first-order valence-electron chi connectivity index (χ1n) is 5.94. The number of aromatic hydroxyl groups is 2. The fraction of sp³-hybridized carbons (Fsp3) is 0.143. The number of hydrogen-bond donors (Lipinski definition) is 3. The van der Waals surface area contributed by atoms with Gasteiger partial charge in [0.25, 0.3) is 5.91 Å². The van der Waals surface area contributed by atoms with Crippen molar-refractivity contribution in [1.29, 1.82) is 0 Å². The van der Waals surface area contributed by atoms with Gasteiger partial charge in [0, 0.05) is 6.07 Å². The molecule has 0 aliphatic heterocycles. The number of primary amides is 1. The van der Waals surface area contributed by atoms with E-state index in [9.17, 15) is 19.8 Å². The molecular weight excluding hydrogens is 278 g/mol. The fourth-order valence-electron chi connectivity index (χ4n) is 1.93. The number of ether oxygens (including phenoxy) is 1. The average Bonchev–Trinajstić information content (AvgIpc) is 2.87. The molecule has 7 nitrogen and oxygen atoms in total. The van der Waals surface area contributed by atoms with E-state index in [4.69, 9.17) is 10.2 Å². The van der Waals surface area contributed by atoms with E-state index in [-0.39, 0.29) is 35.0 Å². The van der Waals surface area contributed by atoms with Gasteiger partial charge in [-0.1, -0.05) is 0 Å². The molecule has 0 unspecified atom stereocenters. The molecule has 0 bridgehead atoms. The number of phenolic OH excluding ortho intramolecular Hbond substituents is 2. The van der Waals surface area contributed by atoms with E-state index < -0.39 is 11.9 Å². The zero-order valence-corrected chi connectivity index (χ0v) is 11.1. The third-order valence-corrected chi connectivity index (χ3v) is 2.84. The second kappa shape index (κ2) is 5.58. The van der Waals surface area contributed by atoms with Crippen molar-refractivity contribution in [1.82, 2.24) is 0 Å². The Morgan fingerprint density at radius 1 is 1.29 bits per heavy atom. The van der Waals surface area contributed by atoms with E-state index in [1.54, 1.807) is 0 Å². The van der Waals surface area contributed by atoms with Gasteiger partial charge in [-0.05, 0) is 23.8 Å². The monoisotopic (exact) mass is 291 g/mol. The highest BCUT2D eigenvalue weighted by Crippen LogP contribution is 2.37. The highest BCUT2D eigenvalue weighted by atomic mass is 16.5. The van der Waals surface area contributed by atoms with Crippen molar-refractivity contribution in [3.05, 3.63) is 35.6 Å². The molecule has 4 N–H and O–H groups in total. The molecule has 1 aromatic heterocycles. The van der Waals surface area contributed by atoms with Gasteiger partial charge in [-0.25, -0.2) is 0 Å². The van der Waals surface area contributed by atoms with Crippen LogP contribution < -0.4 is 5.73 Å². The lowest BCUT2D eigenvalue weighted by atomic mass is 10.0. The zero-order valence-electron chi connectivity index (χ0n) is 11.1. The molecule has 0 radical (unpaired) electrons. The maximum absolute atomic E-state index is 11.4. The van der Waals surface area contributed by atoms with Crippen LogP contribution in [0.5, 0.6) is 11.5 Å². The second-order valence-corrected chi connectivity index (χ2v) is 4.28. The zero-order chi connectivity index (χ0) is 15.6. The van der Waals surface area contributed by atoms with Crippen LogP contribution in [0.15, 0.2) is 28.7 Å². The summed E-state index contributed by atoms with van der Waals surface area (Å²) in [5.41, 5.74) is 5.58. The molecule has 0 aliphatic rings. The van der Waals surface area contributed by atoms with Crippen molar-refractivity contribution >= 4 is 11.9 Å². The summed E-state index contributed by atoms with van der Waals surface area (Å²) in [7, 11) is 1.22. The van der Waals surface area contributed by atoms with Crippen LogP contribution in [0, 0.1) is 0 Å². The molecule has 110 valence electrons. The lowest BCUT2D eigenvalue weighted by Gasteiger charge is -2.09. The minimum Gasteiger partial charge on any atom is -0.508 e. The number of furan rings is 1. The van der Waals surface area contributed by atoms with E-state index in [1.165, 1.54) is 25.3 Å². The minimum absolute atomic E-state index is 0.0820. The van der Waals surface area contributed by atoms with Crippen molar-refractivity contribution < 1.29 is 29.0 Å². The maximum Gasteiger partial charge on any atom is 0.310 e. The normalized spacial score (nSPS) is 10.3. The fourth-order valence-corrected chi connectivity index (χ4v) is 1.93. The van der Waals surface area contributed by atoms with Crippen LogP contribution in [-0.2, 0) is 16.0 Å². The van der Waals surface area contributed by atoms with Gasteiger partial charge in [0.05, 0.1) is 19.1 Å². The van der Waals surface area contributed by atoms with Crippen LogP contribution in [0.2, 0.25) is 0 Å². The maximum atomic E-state index is 11.4. The van der Waals surface area contributed by atoms with E-state index in [1.807, 2.05) is 0 Å². The third kappa shape index (κ3) is 2.97. The number of carbonyl (C=O) groups is 2. The number of carbonyl (C=O) groups excluding carboxylic acids is 2. The molecule has 1 aromatic carbocycles. The quantitative estimate of drug-likeness (QED) is 0.727. The highest BCUT2D eigenvalue weighted by Gasteiger charge is 2.19. The van der Waals surface area contributed by atoms with E-state index in [0.717, 1.165) is 6.07 Å². The Kier molecular flexibility index (Phi) is 3.84. The van der Waals surface area contributed by atoms with Crippen molar-refractivity contribution in [2.45, 2.75) is 6.42 Å². The lowest BCUT2D eigenvalue weighted by Crippen LogP contribution is -2.09. The summed E-state index contributed by atoms with van der Waals surface area (Å²) >= 11 is 0. The molecular formula is C14H13NO6. The number of esters is 1. The van der Waals surface area contributed by atoms with Gasteiger partial charge in [-0.15, -0.1) is 0 Å². The summed E-state index contributed by atoms with van der Waals surface area (Å²) in [6, 6.07) is 5.19. The Bertz CT molecular complexity index is 703. The molecule has 0 saturated heterocycles. The van der Waals surface area contributed by atoms with Gasteiger partial charge >= 0.3 is 5.97 Å². The van der Waals surface area contributed by atoms with E-state index in [2.05, 4.69) is 4.74 Å². The Morgan fingerprint density at radius 3 is 2.57 bits per heavy atom. The first-order valence-corrected chi connectivity index (χ1v) is 5.94. The molecule has 0 saturated carbocycles. The SMILES string of the molecule is COC(=O)Cc1cc(O)cc(O)c1-c1ccc(C(N)=O)o1. The van der Waals surface area contributed by atoms with Gasteiger partial charge in [-0.2, -0.15) is 0 Å². The first-order chi connectivity index (χ1) is 9.92. The number of benzene rings is 1. The number of methoxy groups -OCH3 is 1. The summed E-state index contributed by atoms with van der Waals surface area (Å²) in [5.74, 6) is -1.74. The van der Waals surface area contributed by atoms with Gasteiger partial charge in [0.15, 0.2) is 5.76 Å². The molecule has 0 spiro atoms. The number of phenols is 2. The van der Waals surface area contributed by atoms with Gasteiger partial charge in [0.1, 0.15) is 17.3 Å². The summed E-state index contributed by atoms with van der Waals surface area (Å²) in [6.07, 6.45) is -0.180. The average molecular weight is 291 g/mol. The Morgan fingerprint density at radius 2 is 2.00 bits per heavy atom. The van der Waals surface area contributed by atoms with Crippen molar-refractivity contribution in [3.63, 3.8) is 0 Å². The van der Waals surface area contributed by atoms with Gasteiger partial charge in [-0.3, -0.25) is 9.59 Å². The lowest BCUT2D eigenvalue weighted by molar-refractivity contribution is -0.139. The first kappa shape index (κ1) is 14.4. The molecule has 0 aliphatic carbocycles. The van der Waals surface area contributed by atoms with Crippen molar-refractivity contribution in [2.75, 3.05) is 7.11 Å². The highest BCUT2D eigenvalue weighted by molar-refractivity contribution is 5.91. The standard InChI is InChI=1S/C14H13NO6/c1-20-12(18)5-7-4-8(16)6-9(17)13(7)10-2-3-11(21-10)14(15)19/h2-4,6,16-17H,5H2,1H3,(H2,15,19). The Hall–Kier alpha value is -2.96. The van der Waals surface area contributed by atoms with Crippen LogP contribution in [-0.4, -0.2) is 29.2 Å². The molecule has 21 heavy (non-hydrogen) atoms. The molecule has 0 atom stereocenters. The molecule has 7 heteroatoms. The van der Waals surface area contributed by atoms with Crippen LogP contribution in [0.3, 0.4) is 0 Å².